The first-order valence-corrected chi connectivity index (χ1v) is 13.4. The van der Waals surface area contributed by atoms with Crippen LogP contribution in [0.15, 0.2) is 36.5 Å². The standard InChI is InChI=1S/C29H30F3N5O2/c1-36-9-7-17(8-10-36)21-6-5-20(15-22(21)30)34-29-33-16-24(32)26(35-29)19-13-23(31)27-25(14-19)37(11-12-39-27)28(38)18-3-2-4-18/h5-6,13-18H,2-4,7-12H2,1H3,(H,33,34,35). The molecular weight excluding hydrogens is 507 g/mol. The summed E-state index contributed by atoms with van der Waals surface area (Å²) in [6.45, 7) is 2.34. The van der Waals surface area contributed by atoms with Gasteiger partial charge < -0.3 is 19.9 Å². The van der Waals surface area contributed by atoms with Crippen molar-refractivity contribution in [2.45, 2.75) is 38.0 Å². The summed E-state index contributed by atoms with van der Waals surface area (Å²) in [6, 6.07) is 7.58. The van der Waals surface area contributed by atoms with Crippen molar-refractivity contribution in [2.24, 2.45) is 5.92 Å². The van der Waals surface area contributed by atoms with Crippen LogP contribution in [0, 0.1) is 23.4 Å². The lowest BCUT2D eigenvalue weighted by Crippen LogP contribution is -2.43. The van der Waals surface area contributed by atoms with E-state index in [0.29, 0.717) is 17.8 Å². The Balaban J connectivity index is 1.27. The summed E-state index contributed by atoms with van der Waals surface area (Å²) in [6.07, 6.45) is 5.40. The van der Waals surface area contributed by atoms with Gasteiger partial charge in [0, 0.05) is 17.2 Å². The predicted octanol–water partition coefficient (Wildman–Crippen LogP) is 5.64. The maximum atomic E-state index is 15.1. The van der Waals surface area contributed by atoms with Gasteiger partial charge in [-0.3, -0.25) is 4.79 Å². The molecule has 3 heterocycles. The first-order chi connectivity index (χ1) is 18.9. The molecule has 39 heavy (non-hydrogen) atoms. The van der Waals surface area contributed by atoms with Gasteiger partial charge in [0.15, 0.2) is 17.4 Å². The summed E-state index contributed by atoms with van der Waals surface area (Å²) >= 11 is 0. The highest BCUT2D eigenvalue weighted by Gasteiger charge is 2.34. The van der Waals surface area contributed by atoms with E-state index in [9.17, 15) is 13.6 Å². The zero-order chi connectivity index (χ0) is 27.1. The van der Waals surface area contributed by atoms with Crippen molar-refractivity contribution in [1.82, 2.24) is 14.9 Å². The lowest BCUT2D eigenvalue weighted by atomic mass is 9.84. The Bertz CT molecular complexity index is 1410. The van der Waals surface area contributed by atoms with Crippen LogP contribution >= 0.6 is 0 Å². The number of ether oxygens (including phenoxy) is 1. The van der Waals surface area contributed by atoms with Gasteiger partial charge in [0.1, 0.15) is 18.1 Å². The van der Waals surface area contributed by atoms with E-state index in [1.807, 2.05) is 0 Å². The van der Waals surface area contributed by atoms with E-state index >= 15 is 4.39 Å². The molecule has 7 nitrogen and oxygen atoms in total. The van der Waals surface area contributed by atoms with Crippen molar-refractivity contribution in [3.05, 3.63) is 59.5 Å². The van der Waals surface area contributed by atoms with Crippen LogP contribution in [-0.2, 0) is 4.79 Å². The predicted molar refractivity (Wildman–Crippen MR) is 142 cm³/mol. The number of anilines is 3. The van der Waals surface area contributed by atoms with Gasteiger partial charge in [-0.15, -0.1) is 0 Å². The van der Waals surface area contributed by atoms with E-state index in [2.05, 4.69) is 27.2 Å². The number of hydrogen-bond acceptors (Lipinski definition) is 6. The number of fused-ring (bicyclic) bond motifs is 1. The number of rotatable bonds is 5. The van der Waals surface area contributed by atoms with Gasteiger partial charge in [-0.2, -0.15) is 0 Å². The summed E-state index contributed by atoms with van der Waals surface area (Å²) in [5.41, 5.74) is 1.38. The molecule has 0 unspecified atom stereocenters. The molecule has 1 aliphatic carbocycles. The third kappa shape index (κ3) is 5.05. The minimum atomic E-state index is -0.753. The molecule has 1 aromatic heterocycles. The Morgan fingerprint density at radius 1 is 1.00 bits per heavy atom. The lowest BCUT2D eigenvalue weighted by Gasteiger charge is -2.35. The van der Waals surface area contributed by atoms with E-state index in [1.54, 1.807) is 12.1 Å². The molecule has 0 bridgehead atoms. The molecule has 2 aromatic carbocycles. The van der Waals surface area contributed by atoms with E-state index in [1.165, 1.54) is 17.0 Å². The van der Waals surface area contributed by atoms with Crippen molar-refractivity contribution in [3.63, 3.8) is 0 Å². The van der Waals surface area contributed by atoms with Crippen molar-refractivity contribution < 1.29 is 22.7 Å². The Morgan fingerprint density at radius 3 is 2.51 bits per heavy atom. The molecule has 1 saturated carbocycles. The van der Waals surface area contributed by atoms with Crippen LogP contribution in [-0.4, -0.2) is 54.1 Å². The highest BCUT2D eigenvalue weighted by Crippen LogP contribution is 2.41. The van der Waals surface area contributed by atoms with Crippen LogP contribution in [0.5, 0.6) is 5.75 Å². The van der Waals surface area contributed by atoms with Gasteiger partial charge in [-0.05, 0) is 81.6 Å². The number of benzene rings is 2. The minimum Gasteiger partial charge on any atom is -0.486 e. The van der Waals surface area contributed by atoms with Gasteiger partial charge >= 0.3 is 0 Å². The van der Waals surface area contributed by atoms with Crippen molar-refractivity contribution >= 4 is 23.2 Å². The molecule has 0 radical (unpaired) electrons. The van der Waals surface area contributed by atoms with Crippen molar-refractivity contribution in [1.29, 1.82) is 0 Å². The van der Waals surface area contributed by atoms with Gasteiger partial charge in [0.2, 0.25) is 11.9 Å². The topological polar surface area (TPSA) is 70.6 Å². The molecule has 0 spiro atoms. The maximum Gasteiger partial charge on any atom is 0.230 e. The van der Waals surface area contributed by atoms with E-state index in [4.69, 9.17) is 4.74 Å². The smallest absolute Gasteiger partial charge is 0.230 e. The maximum absolute atomic E-state index is 15.1. The monoisotopic (exact) mass is 537 g/mol. The number of nitrogens with one attached hydrogen (secondary N) is 1. The van der Waals surface area contributed by atoms with Crippen LogP contribution in [0.2, 0.25) is 0 Å². The molecule has 6 rings (SSSR count). The average molecular weight is 538 g/mol. The van der Waals surface area contributed by atoms with Gasteiger partial charge in [-0.1, -0.05) is 12.5 Å². The molecule has 3 aliphatic rings. The highest BCUT2D eigenvalue weighted by molar-refractivity contribution is 5.98. The fraction of sp³-hybridized carbons (Fsp3) is 0.414. The number of piperidine rings is 1. The molecular formula is C29H30F3N5O2. The molecule has 3 aromatic rings. The van der Waals surface area contributed by atoms with Crippen LogP contribution in [0.1, 0.15) is 43.6 Å². The van der Waals surface area contributed by atoms with E-state index < -0.39 is 11.6 Å². The van der Waals surface area contributed by atoms with Crippen LogP contribution < -0.4 is 15.0 Å². The first-order valence-electron chi connectivity index (χ1n) is 13.4. The minimum absolute atomic E-state index is 0.0225. The largest absolute Gasteiger partial charge is 0.486 e. The summed E-state index contributed by atoms with van der Waals surface area (Å²) in [4.78, 5) is 25.0. The van der Waals surface area contributed by atoms with Crippen LogP contribution in [0.4, 0.5) is 30.5 Å². The zero-order valence-corrected chi connectivity index (χ0v) is 21.7. The quantitative estimate of drug-likeness (QED) is 0.454. The number of hydrogen-bond donors (Lipinski definition) is 1. The number of halogens is 3. The molecule has 10 heteroatoms. The number of likely N-dealkylation sites (tertiary alicyclic amines) is 1. The summed E-state index contributed by atoms with van der Waals surface area (Å²) < 4.78 is 50.5. The molecule has 204 valence electrons. The number of carbonyl (C=O) groups excluding carboxylic acids is 1. The third-order valence-electron chi connectivity index (χ3n) is 8.03. The van der Waals surface area contributed by atoms with Gasteiger partial charge in [0.05, 0.1) is 18.4 Å². The summed E-state index contributed by atoms with van der Waals surface area (Å²) in [7, 11) is 2.06. The van der Waals surface area contributed by atoms with Gasteiger partial charge in [-0.25, -0.2) is 23.1 Å². The number of carbonyl (C=O) groups is 1. The van der Waals surface area contributed by atoms with Crippen LogP contribution in [0.25, 0.3) is 11.3 Å². The van der Waals surface area contributed by atoms with Crippen molar-refractivity contribution in [2.75, 3.05) is 43.5 Å². The first kappa shape index (κ1) is 25.6. The van der Waals surface area contributed by atoms with E-state index in [-0.39, 0.29) is 58.8 Å². The SMILES string of the molecule is CN1CCC(c2ccc(Nc3ncc(F)c(-c4cc(F)c5c(c4)N(C(=O)C4CCC4)CCO5)n3)cc2F)CC1. The van der Waals surface area contributed by atoms with Crippen LogP contribution in [0.3, 0.4) is 0 Å². The second kappa shape index (κ2) is 10.5. The number of nitrogens with zero attached hydrogens (tertiary/aromatic N) is 4. The van der Waals surface area contributed by atoms with Gasteiger partial charge in [0.25, 0.3) is 0 Å². The highest BCUT2D eigenvalue weighted by atomic mass is 19.1. The molecule has 1 saturated heterocycles. The third-order valence-corrected chi connectivity index (χ3v) is 8.03. The Hall–Kier alpha value is -3.66. The summed E-state index contributed by atoms with van der Waals surface area (Å²) in [5.74, 6) is -1.74. The molecule has 2 aliphatic heterocycles. The second-order valence-corrected chi connectivity index (χ2v) is 10.6. The normalized spacial score (nSPS) is 18.3. The number of amides is 1. The second-order valence-electron chi connectivity index (χ2n) is 10.6. The summed E-state index contributed by atoms with van der Waals surface area (Å²) in [5, 5.41) is 2.93. The molecule has 0 atom stereocenters. The fourth-order valence-electron chi connectivity index (χ4n) is 5.54. The Kier molecular flexibility index (Phi) is 6.88. The average Bonchev–Trinajstić information content (AvgIpc) is 2.89. The van der Waals surface area contributed by atoms with Crippen molar-refractivity contribution in [3.8, 4) is 17.0 Å². The molecule has 1 amide bonds. The molecule has 2 fully saturated rings. The Morgan fingerprint density at radius 2 is 1.79 bits per heavy atom. The lowest BCUT2D eigenvalue weighted by molar-refractivity contribution is -0.125. The zero-order valence-electron chi connectivity index (χ0n) is 21.7. The van der Waals surface area contributed by atoms with E-state index in [0.717, 1.165) is 57.5 Å². The Labute approximate surface area is 225 Å². The molecule has 1 N–H and O–H groups in total. The number of aromatic nitrogens is 2. The fourth-order valence-corrected chi connectivity index (χ4v) is 5.54.